The smallest absolute Gasteiger partial charge is 0.243 e. The molecule has 0 spiro atoms. The van der Waals surface area contributed by atoms with Gasteiger partial charge in [-0.15, -0.1) is 0 Å². The van der Waals surface area contributed by atoms with Crippen LogP contribution >= 0.6 is 0 Å². The van der Waals surface area contributed by atoms with Crippen LogP contribution in [0.15, 0.2) is 29.2 Å². The lowest BCUT2D eigenvalue weighted by Crippen LogP contribution is -2.30. The summed E-state index contributed by atoms with van der Waals surface area (Å²) in [4.78, 5) is 4.71. The highest BCUT2D eigenvalue weighted by Crippen LogP contribution is 2.22. The van der Waals surface area contributed by atoms with Gasteiger partial charge in [-0.3, -0.25) is 0 Å². The molecule has 0 saturated heterocycles. The van der Waals surface area contributed by atoms with Crippen LogP contribution in [0.1, 0.15) is 26.6 Å². The van der Waals surface area contributed by atoms with Crippen LogP contribution in [0.25, 0.3) is 11.4 Å². The van der Waals surface area contributed by atoms with Crippen molar-refractivity contribution in [2.45, 2.75) is 39.1 Å². The summed E-state index contributed by atoms with van der Waals surface area (Å²) in [5, 5.41) is 4.31. The average molecular weight is 322 g/mol. The van der Waals surface area contributed by atoms with Gasteiger partial charge in [-0.25, -0.2) is 18.1 Å². The minimum atomic E-state index is -3.42. The third kappa shape index (κ3) is 3.05. The van der Waals surface area contributed by atoms with E-state index < -0.39 is 10.0 Å². The van der Waals surface area contributed by atoms with Crippen LogP contribution in [-0.4, -0.2) is 40.6 Å². The van der Waals surface area contributed by atoms with Crippen LogP contribution in [0.3, 0.4) is 0 Å². The van der Waals surface area contributed by atoms with E-state index in [9.17, 15) is 8.42 Å². The predicted octanol–water partition coefficient (Wildman–Crippen LogP) is 2.30. The summed E-state index contributed by atoms with van der Waals surface area (Å²) >= 11 is 0. The van der Waals surface area contributed by atoms with E-state index in [1.54, 1.807) is 24.3 Å². The van der Waals surface area contributed by atoms with Gasteiger partial charge < -0.3 is 0 Å². The highest BCUT2D eigenvalue weighted by molar-refractivity contribution is 7.89. The number of benzene rings is 1. The molecular weight excluding hydrogens is 300 g/mol. The standard InChI is InChI=1S/C15H22N4O2S/c1-5-18(6-2)22(20,21)14-10-8-13(9-11-14)15-16-12(4)17-19(15)7-3/h8-11H,5-7H2,1-4H3. The van der Waals surface area contributed by atoms with Gasteiger partial charge in [-0.1, -0.05) is 13.8 Å². The zero-order valence-corrected chi connectivity index (χ0v) is 14.3. The van der Waals surface area contributed by atoms with E-state index in [1.165, 1.54) is 4.31 Å². The highest BCUT2D eigenvalue weighted by atomic mass is 32.2. The summed E-state index contributed by atoms with van der Waals surface area (Å²) in [6.45, 7) is 9.15. The Morgan fingerprint density at radius 3 is 2.18 bits per heavy atom. The Morgan fingerprint density at radius 1 is 1.09 bits per heavy atom. The van der Waals surface area contributed by atoms with Crippen LogP contribution in [-0.2, 0) is 16.6 Å². The fraction of sp³-hybridized carbons (Fsp3) is 0.467. The van der Waals surface area contributed by atoms with Gasteiger partial charge in [0, 0.05) is 25.2 Å². The summed E-state index contributed by atoms with van der Waals surface area (Å²) in [5.74, 6) is 1.46. The molecule has 2 aromatic rings. The van der Waals surface area contributed by atoms with Gasteiger partial charge in [-0.2, -0.15) is 9.40 Å². The summed E-state index contributed by atoms with van der Waals surface area (Å²) in [6.07, 6.45) is 0. The molecule has 0 atom stereocenters. The molecule has 1 aromatic heterocycles. The third-order valence-corrected chi connectivity index (χ3v) is 5.60. The van der Waals surface area contributed by atoms with E-state index in [-0.39, 0.29) is 0 Å². The first-order valence-corrected chi connectivity index (χ1v) is 8.90. The Kier molecular flexibility index (Phi) is 4.97. The van der Waals surface area contributed by atoms with Crippen LogP contribution < -0.4 is 0 Å². The molecule has 0 amide bonds. The lowest BCUT2D eigenvalue weighted by molar-refractivity contribution is 0.445. The van der Waals surface area contributed by atoms with Gasteiger partial charge in [0.25, 0.3) is 0 Å². The monoisotopic (exact) mass is 322 g/mol. The fourth-order valence-corrected chi connectivity index (χ4v) is 3.84. The summed E-state index contributed by atoms with van der Waals surface area (Å²) in [7, 11) is -3.42. The second kappa shape index (κ2) is 6.58. The minimum absolute atomic E-state index is 0.305. The minimum Gasteiger partial charge on any atom is -0.246 e. The van der Waals surface area contributed by atoms with Crippen molar-refractivity contribution in [3.63, 3.8) is 0 Å². The molecule has 0 aliphatic carbocycles. The van der Waals surface area contributed by atoms with E-state index in [4.69, 9.17) is 0 Å². The fourth-order valence-electron chi connectivity index (χ4n) is 2.38. The Hall–Kier alpha value is -1.73. The van der Waals surface area contributed by atoms with Gasteiger partial charge in [-0.05, 0) is 38.1 Å². The molecule has 0 unspecified atom stereocenters. The lowest BCUT2D eigenvalue weighted by Gasteiger charge is -2.18. The first-order valence-electron chi connectivity index (χ1n) is 7.46. The molecule has 7 heteroatoms. The van der Waals surface area contributed by atoms with Gasteiger partial charge >= 0.3 is 0 Å². The lowest BCUT2D eigenvalue weighted by atomic mass is 10.2. The van der Waals surface area contributed by atoms with Crippen LogP contribution in [0.2, 0.25) is 0 Å². The molecule has 0 aliphatic heterocycles. The number of sulfonamides is 1. The molecule has 1 aromatic carbocycles. The summed E-state index contributed by atoms with van der Waals surface area (Å²) in [6, 6.07) is 6.83. The number of aromatic nitrogens is 3. The zero-order valence-electron chi connectivity index (χ0n) is 13.4. The molecule has 0 N–H and O–H groups in total. The van der Waals surface area contributed by atoms with Crippen molar-refractivity contribution in [1.82, 2.24) is 19.1 Å². The van der Waals surface area contributed by atoms with Crippen LogP contribution in [0.4, 0.5) is 0 Å². The SMILES string of the molecule is CCN(CC)S(=O)(=O)c1ccc(-c2nc(C)nn2CC)cc1. The molecule has 22 heavy (non-hydrogen) atoms. The molecular formula is C15H22N4O2S. The number of nitrogens with zero attached hydrogens (tertiary/aromatic N) is 4. The molecule has 0 saturated carbocycles. The molecule has 6 nitrogen and oxygen atoms in total. The second-order valence-electron chi connectivity index (χ2n) is 4.91. The van der Waals surface area contributed by atoms with Gasteiger partial charge in [0.15, 0.2) is 5.82 Å². The number of aryl methyl sites for hydroxylation is 2. The molecule has 0 bridgehead atoms. The largest absolute Gasteiger partial charge is 0.246 e. The van der Waals surface area contributed by atoms with E-state index in [0.29, 0.717) is 23.8 Å². The second-order valence-corrected chi connectivity index (χ2v) is 6.85. The summed E-state index contributed by atoms with van der Waals surface area (Å²) < 4.78 is 28.2. The normalized spacial score (nSPS) is 12.0. The highest BCUT2D eigenvalue weighted by Gasteiger charge is 2.21. The first-order chi connectivity index (χ1) is 10.4. The van der Waals surface area contributed by atoms with Crippen molar-refractivity contribution in [3.8, 4) is 11.4 Å². The van der Waals surface area contributed by atoms with Crippen molar-refractivity contribution in [2.75, 3.05) is 13.1 Å². The molecule has 120 valence electrons. The predicted molar refractivity (Wildman–Crippen MR) is 86.0 cm³/mol. The Balaban J connectivity index is 2.39. The maximum absolute atomic E-state index is 12.5. The van der Waals surface area contributed by atoms with E-state index in [1.807, 2.05) is 32.4 Å². The Morgan fingerprint density at radius 2 is 1.68 bits per heavy atom. The van der Waals surface area contributed by atoms with Gasteiger partial charge in [0.1, 0.15) is 5.82 Å². The molecule has 0 aliphatic rings. The zero-order chi connectivity index (χ0) is 16.3. The average Bonchev–Trinajstić information content (AvgIpc) is 2.89. The van der Waals surface area contributed by atoms with Crippen molar-refractivity contribution < 1.29 is 8.42 Å². The van der Waals surface area contributed by atoms with E-state index >= 15 is 0 Å². The van der Waals surface area contributed by atoms with Crippen molar-refractivity contribution in [2.24, 2.45) is 0 Å². The van der Waals surface area contributed by atoms with Crippen LogP contribution in [0.5, 0.6) is 0 Å². The van der Waals surface area contributed by atoms with Gasteiger partial charge in [0.05, 0.1) is 4.90 Å². The summed E-state index contributed by atoms with van der Waals surface area (Å²) in [5.41, 5.74) is 0.862. The third-order valence-electron chi connectivity index (χ3n) is 3.53. The molecule has 0 radical (unpaired) electrons. The first kappa shape index (κ1) is 16.6. The van der Waals surface area contributed by atoms with Crippen molar-refractivity contribution in [1.29, 1.82) is 0 Å². The molecule has 1 heterocycles. The molecule has 2 rings (SSSR count). The quantitative estimate of drug-likeness (QED) is 0.818. The Labute approximate surface area is 131 Å². The maximum atomic E-state index is 12.5. The number of rotatable bonds is 6. The van der Waals surface area contributed by atoms with Gasteiger partial charge in [0.2, 0.25) is 10.0 Å². The van der Waals surface area contributed by atoms with E-state index in [2.05, 4.69) is 10.1 Å². The van der Waals surface area contributed by atoms with Crippen LogP contribution in [0, 0.1) is 6.92 Å². The van der Waals surface area contributed by atoms with Crippen molar-refractivity contribution >= 4 is 10.0 Å². The maximum Gasteiger partial charge on any atom is 0.243 e. The Bertz CT molecular complexity index is 731. The molecule has 0 fully saturated rings. The topological polar surface area (TPSA) is 68.1 Å². The number of hydrogen-bond acceptors (Lipinski definition) is 4. The number of hydrogen-bond donors (Lipinski definition) is 0. The van der Waals surface area contributed by atoms with Crippen molar-refractivity contribution in [3.05, 3.63) is 30.1 Å². The van der Waals surface area contributed by atoms with E-state index in [0.717, 1.165) is 17.9 Å².